The molecule has 5 heterocycles. The lowest BCUT2D eigenvalue weighted by Gasteiger charge is -2.16. The van der Waals surface area contributed by atoms with Crippen LogP contribution in [0, 0.1) is 0 Å². The fourth-order valence-corrected chi connectivity index (χ4v) is 6.85. The highest BCUT2D eigenvalue weighted by molar-refractivity contribution is 6.39. The molecule has 0 saturated carbocycles. The van der Waals surface area contributed by atoms with Gasteiger partial charge in [0.05, 0.1) is 29.4 Å². The highest BCUT2D eigenvalue weighted by Crippen LogP contribution is 2.42. The van der Waals surface area contributed by atoms with E-state index in [4.69, 9.17) is 32.9 Å². The summed E-state index contributed by atoms with van der Waals surface area (Å²) in [5, 5.41) is 19.3. The Morgan fingerprint density at radius 1 is 1.00 bits per heavy atom. The number of aromatic nitrogens is 3. The van der Waals surface area contributed by atoms with E-state index >= 15 is 0 Å². The zero-order chi connectivity index (χ0) is 34.9. The fourth-order valence-electron chi connectivity index (χ4n) is 6.19. The van der Waals surface area contributed by atoms with Crippen molar-refractivity contribution in [1.82, 2.24) is 30.3 Å². The van der Waals surface area contributed by atoms with Gasteiger partial charge < -0.3 is 25.8 Å². The summed E-state index contributed by atoms with van der Waals surface area (Å²) in [5.41, 5.74) is 5.28. The van der Waals surface area contributed by atoms with E-state index in [-0.39, 0.29) is 35.5 Å². The highest BCUT2D eigenvalue weighted by atomic mass is 35.5. The lowest BCUT2D eigenvalue weighted by molar-refractivity contribution is -0.138. The normalized spacial score (nSPS) is 17.0. The quantitative estimate of drug-likeness (QED) is 0.163. The summed E-state index contributed by atoms with van der Waals surface area (Å²) in [5.74, 6) is -0.283. The van der Waals surface area contributed by atoms with Crippen molar-refractivity contribution >= 4 is 46.6 Å². The van der Waals surface area contributed by atoms with E-state index in [9.17, 15) is 19.5 Å². The van der Waals surface area contributed by atoms with Crippen molar-refractivity contribution in [2.24, 2.45) is 4.99 Å². The van der Waals surface area contributed by atoms with Gasteiger partial charge in [0.2, 0.25) is 11.8 Å². The van der Waals surface area contributed by atoms with E-state index in [0.29, 0.717) is 69.0 Å². The van der Waals surface area contributed by atoms with Crippen molar-refractivity contribution in [1.29, 1.82) is 0 Å². The molecule has 7 rings (SSSR count). The number of aliphatic imine (C=N–C) groups is 1. The molecule has 1 amide bonds. The highest BCUT2D eigenvalue weighted by Gasteiger charge is 2.27. The molecule has 2 aliphatic heterocycles. The Kier molecular flexibility index (Phi) is 9.23. The Morgan fingerprint density at radius 3 is 2.44 bits per heavy atom. The number of carbonyl (C=O) groups is 2. The summed E-state index contributed by atoms with van der Waals surface area (Å²) in [6.45, 7) is 1.22. The first kappa shape index (κ1) is 33.2. The van der Waals surface area contributed by atoms with Gasteiger partial charge >= 0.3 is 5.97 Å². The van der Waals surface area contributed by atoms with Crippen LogP contribution >= 0.6 is 23.2 Å². The van der Waals surface area contributed by atoms with E-state index in [1.54, 1.807) is 25.4 Å². The zero-order valence-corrected chi connectivity index (χ0v) is 28.3. The molecule has 2 unspecified atom stereocenters. The Balaban J connectivity index is 1.15. The minimum Gasteiger partial charge on any atom is -0.481 e. The predicted octanol–water partition coefficient (Wildman–Crippen LogP) is 4.58. The number of methoxy groups -OCH3 is 1. The molecular formula is C36H31Cl2N7O5. The summed E-state index contributed by atoms with van der Waals surface area (Å²) in [6.07, 6.45) is 4.37. The summed E-state index contributed by atoms with van der Waals surface area (Å²) in [6, 6.07) is 17.9. The number of rotatable bonds is 10. The zero-order valence-electron chi connectivity index (χ0n) is 26.7. The predicted molar refractivity (Wildman–Crippen MR) is 191 cm³/mol. The monoisotopic (exact) mass is 711 g/mol. The van der Waals surface area contributed by atoms with Crippen LogP contribution in [0.2, 0.25) is 10.0 Å². The third-order valence-corrected chi connectivity index (χ3v) is 9.62. The lowest BCUT2D eigenvalue weighted by atomic mass is 9.97. The molecule has 1 saturated heterocycles. The molecule has 2 atom stereocenters. The van der Waals surface area contributed by atoms with E-state index in [0.717, 1.165) is 17.5 Å². The molecule has 12 nitrogen and oxygen atoms in total. The van der Waals surface area contributed by atoms with Crippen molar-refractivity contribution < 1.29 is 19.4 Å². The molecule has 50 heavy (non-hydrogen) atoms. The summed E-state index contributed by atoms with van der Waals surface area (Å²) in [4.78, 5) is 49.5. The molecule has 0 bridgehead atoms. The molecule has 3 aromatic heterocycles. The van der Waals surface area contributed by atoms with Crippen molar-refractivity contribution in [2.75, 3.05) is 20.2 Å². The SMILES string of the molecule is COc1nc(-c2cccc(-c3cccc(-c4ccn5c(=O)c(C6=NCC(C(=O)O)N6)cnc5c4)c3Cl)c2Cl)ccc1CNCC1CCC(=O)N1. The number of nitrogens with one attached hydrogen (secondary N) is 3. The van der Waals surface area contributed by atoms with E-state index < -0.39 is 12.0 Å². The first-order valence-electron chi connectivity index (χ1n) is 15.9. The van der Waals surface area contributed by atoms with Gasteiger partial charge in [0.15, 0.2) is 0 Å². The number of amidine groups is 1. The van der Waals surface area contributed by atoms with Crippen LogP contribution in [0.3, 0.4) is 0 Å². The van der Waals surface area contributed by atoms with Crippen LogP contribution in [0.25, 0.3) is 39.2 Å². The standard InChI is InChI=1S/C36H31Cl2N7O5/c1-50-34-20(15-39-16-21-9-11-30(46)42-21)8-10-27(44-34)25-7-3-6-24(32(25)38)23-5-2-4-22(31(23)37)19-12-13-45-29(14-19)40-17-26(35(45)47)33-41-18-28(43-33)36(48)49/h2-8,10,12-14,17,21,28,39H,9,11,15-16,18H2,1H3,(H,41,43)(H,42,46)(H,48,49). The first-order chi connectivity index (χ1) is 24.2. The van der Waals surface area contributed by atoms with Crippen LogP contribution in [0.5, 0.6) is 5.88 Å². The maximum absolute atomic E-state index is 13.3. The largest absolute Gasteiger partial charge is 0.481 e. The number of fused-ring (bicyclic) bond motifs is 1. The number of amides is 1. The number of carboxylic acids is 1. The Hall–Kier alpha value is -5.30. The van der Waals surface area contributed by atoms with Crippen molar-refractivity contribution in [3.63, 3.8) is 0 Å². The van der Waals surface area contributed by atoms with Gasteiger partial charge in [0.25, 0.3) is 5.56 Å². The summed E-state index contributed by atoms with van der Waals surface area (Å²) in [7, 11) is 1.58. The number of hydrogen-bond acceptors (Lipinski definition) is 9. The van der Waals surface area contributed by atoms with Crippen LogP contribution < -0.4 is 26.2 Å². The van der Waals surface area contributed by atoms with Gasteiger partial charge in [-0.2, -0.15) is 0 Å². The van der Waals surface area contributed by atoms with Gasteiger partial charge in [-0.3, -0.25) is 19.0 Å². The van der Waals surface area contributed by atoms with E-state index in [1.807, 2.05) is 48.5 Å². The van der Waals surface area contributed by atoms with Crippen molar-refractivity contribution in [2.45, 2.75) is 31.5 Å². The number of pyridine rings is 2. The molecule has 1 fully saturated rings. The van der Waals surface area contributed by atoms with Gasteiger partial charge in [0, 0.05) is 65.8 Å². The first-order valence-corrected chi connectivity index (χ1v) is 16.6. The third kappa shape index (κ3) is 6.40. The number of ether oxygens (including phenoxy) is 1. The van der Waals surface area contributed by atoms with Gasteiger partial charge in [-0.05, 0) is 30.2 Å². The Morgan fingerprint density at radius 2 is 1.74 bits per heavy atom. The van der Waals surface area contributed by atoms with Crippen LogP contribution in [0.15, 0.2) is 82.8 Å². The number of benzene rings is 2. The van der Waals surface area contributed by atoms with Gasteiger partial charge in [-0.1, -0.05) is 65.7 Å². The number of nitrogens with zero attached hydrogens (tertiary/aromatic N) is 4. The number of halogens is 2. The average Bonchev–Trinajstić information content (AvgIpc) is 3.78. The average molecular weight is 713 g/mol. The smallest absolute Gasteiger partial charge is 0.328 e. The second-order valence-electron chi connectivity index (χ2n) is 12.0. The molecule has 5 aromatic rings. The lowest BCUT2D eigenvalue weighted by Crippen LogP contribution is -2.39. The van der Waals surface area contributed by atoms with Gasteiger partial charge in [-0.15, -0.1) is 0 Å². The summed E-state index contributed by atoms with van der Waals surface area (Å²) < 4.78 is 7.01. The van der Waals surface area contributed by atoms with Gasteiger partial charge in [0.1, 0.15) is 23.1 Å². The number of carbonyl (C=O) groups excluding carboxylic acids is 1. The molecular weight excluding hydrogens is 681 g/mol. The second-order valence-corrected chi connectivity index (χ2v) is 12.7. The molecule has 2 aromatic carbocycles. The molecule has 0 radical (unpaired) electrons. The molecule has 0 aliphatic carbocycles. The molecule has 14 heteroatoms. The maximum Gasteiger partial charge on any atom is 0.328 e. The molecule has 0 spiro atoms. The van der Waals surface area contributed by atoms with Crippen LogP contribution in [0.1, 0.15) is 24.0 Å². The van der Waals surface area contributed by atoms with Crippen LogP contribution in [0.4, 0.5) is 0 Å². The maximum atomic E-state index is 13.3. The third-order valence-electron chi connectivity index (χ3n) is 8.80. The van der Waals surface area contributed by atoms with Crippen molar-refractivity contribution in [3.8, 4) is 39.4 Å². The molecule has 2 aliphatic rings. The molecule has 4 N–H and O–H groups in total. The van der Waals surface area contributed by atoms with Crippen LogP contribution in [-0.2, 0) is 16.1 Å². The minimum absolute atomic E-state index is 0.0340. The molecule has 254 valence electrons. The van der Waals surface area contributed by atoms with E-state index in [2.05, 4.69) is 25.9 Å². The minimum atomic E-state index is -1.04. The fraction of sp³-hybridized carbons (Fsp3) is 0.222. The Labute approximate surface area is 296 Å². The number of hydrogen-bond donors (Lipinski definition) is 4. The van der Waals surface area contributed by atoms with Gasteiger partial charge in [-0.25, -0.2) is 14.8 Å². The summed E-state index contributed by atoms with van der Waals surface area (Å²) >= 11 is 14.1. The Bertz CT molecular complexity index is 2260. The number of carboxylic acid groups (broad SMARTS) is 1. The van der Waals surface area contributed by atoms with E-state index in [1.165, 1.54) is 10.6 Å². The second kappa shape index (κ2) is 13.9. The number of aliphatic carboxylic acids is 1. The van der Waals surface area contributed by atoms with Crippen molar-refractivity contribution in [3.05, 3.63) is 105 Å². The topological polar surface area (TPSA) is 159 Å². The van der Waals surface area contributed by atoms with Crippen LogP contribution in [-0.4, -0.2) is 69.5 Å².